The summed E-state index contributed by atoms with van der Waals surface area (Å²) in [6.45, 7) is 5.49. The molecule has 5 heteroatoms. The lowest BCUT2D eigenvalue weighted by molar-refractivity contribution is 0.0390. The first-order valence-electron chi connectivity index (χ1n) is 11.5. The molecule has 0 aromatic carbocycles. The van der Waals surface area contributed by atoms with Crippen LogP contribution in [0.5, 0.6) is 0 Å². The van der Waals surface area contributed by atoms with E-state index in [9.17, 15) is 0 Å². The minimum atomic E-state index is -0.0912. The summed E-state index contributed by atoms with van der Waals surface area (Å²) < 4.78 is 11.2. The molecule has 4 rings (SSSR count). The van der Waals surface area contributed by atoms with E-state index in [1.165, 1.54) is 70.6 Å². The second-order valence-electron chi connectivity index (χ2n) is 8.96. The molecule has 0 saturated heterocycles. The lowest BCUT2D eigenvalue weighted by Gasteiger charge is -2.44. The van der Waals surface area contributed by atoms with Crippen molar-refractivity contribution in [1.82, 2.24) is 15.0 Å². The Kier molecular flexibility index (Phi) is 6.49. The van der Waals surface area contributed by atoms with Crippen molar-refractivity contribution in [3.63, 3.8) is 0 Å². The summed E-state index contributed by atoms with van der Waals surface area (Å²) in [6, 6.07) is 1.45. The molecule has 27 heavy (non-hydrogen) atoms. The summed E-state index contributed by atoms with van der Waals surface area (Å²) >= 11 is 0. The smallest absolute Gasteiger partial charge is 0.240 e. The minimum Gasteiger partial charge on any atom is -0.371 e. The van der Waals surface area contributed by atoms with Crippen LogP contribution in [0.4, 0.5) is 0 Å². The van der Waals surface area contributed by atoms with Crippen molar-refractivity contribution in [2.24, 2.45) is 11.8 Å². The minimum absolute atomic E-state index is 0.0912. The van der Waals surface area contributed by atoms with Gasteiger partial charge in [-0.3, -0.25) is 4.90 Å². The Labute approximate surface area is 164 Å². The Hall–Kier alpha value is -0.940. The Bertz CT molecular complexity index is 580. The van der Waals surface area contributed by atoms with E-state index in [1.807, 2.05) is 13.8 Å². The van der Waals surface area contributed by atoms with E-state index in [2.05, 4.69) is 15.0 Å². The normalized spacial score (nSPS) is 28.6. The maximum absolute atomic E-state index is 5.63. The second-order valence-corrected chi connectivity index (χ2v) is 8.96. The SMILES string of the molecule is CCO[C@H](C)c1noc(CN(C2CC2)[C@@H]2CCCC[C@@H]2C2CCCCC2)n1. The molecule has 0 N–H and O–H groups in total. The van der Waals surface area contributed by atoms with Crippen molar-refractivity contribution in [3.05, 3.63) is 11.7 Å². The highest BCUT2D eigenvalue weighted by atomic mass is 16.5. The lowest BCUT2D eigenvalue weighted by atomic mass is 9.70. The average Bonchev–Trinajstić information content (AvgIpc) is 3.44. The van der Waals surface area contributed by atoms with Gasteiger partial charge in [-0.05, 0) is 51.4 Å². The first kappa shape index (κ1) is 19.4. The molecule has 0 bridgehead atoms. The molecule has 3 fully saturated rings. The summed E-state index contributed by atoms with van der Waals surface area (Å²) in [5.74, 6) is 3.29. The molecule has 3 saturated carbocycles. The van der Waals surface area contributed by atoms with E-state index in [4.69, 9.17) is 9.26 Å². The van der Waals surface area contributed by atoms with Crippen LogP contribution in [0, 0.1) is 11.8 Å². The molecule has 1 aromatic rings. The van der Waals surface area contributed by atoms with Gasteiger partial charge in [-0.2, -0.15) is 4.98 Å². The molecule has 0 radical (unpaired) electrons. The molecule has 3 aliphatic carbocycles. The molecule has 0 spiro atoms. The number of nitrogens with zero attached hydrogens (tertiary/aromatic N) is 3. The van der Waals surface area contributed by atoms with Crippen molar-refractivity contribution in [1.29, 1.82) is 0 Å². The summed E-state index contributed by atoms with van der Waals surface area (Å²) in [7, 11) is 0. The number of rotatable bonds is 8. The molecule has 3 aliphatic rings. The predicted molar refractivity (Wildman–Crippen MR) is 105 cm³/mol. The van der Waals surface area contributed by atoms with Crippen LogP contribution >= 0.6 is 0 Å². The van der Waals surface area contributed by atoms with Gasteiger partial charge < -0.3 is 9.26 Å². The van der Waals surface area contributed by atoms with Crippen LogP contribution in [0.1, 0.15) is 102 Å². The number of ether oxygens (including phenoxy) is 1. The first-order chi connectivity index (χ1) is 13.3. The van der Waals surface area contributed by atoms with Crippen molar-refractivity contribution >= 4 is 0 Å². The van der Waals surface area contributed by atoms with Gasteiger partial charge in [-0.15, -0.1) is 0 Å². The van der Waals surface area contributed by atoms with E-state index in [0.29, 0.717) is 18.5 Å². The molecule has 3 atom stereocenters. The zero-order chi connectivity index (χ0) is 18.6. The monoisotopic (exact) mass is 375 g/mol. The van der Waals surface area contributed by atoms with Crippen molar-refractivity contribution in [3.8, 4) is 0 Å². The van der Waals surface area contributed by atoms with Gasteiger partial charge in [0.1, 0.15) is 6.10 Å². The van der Waals surface area contributed by atoms with E-state index >= 15 is 0 Å². The third kappa shape index (κ3) is 4.73. The molecular formula is C22H37N3O2. The summed E-state index contributed by atoms with van der Waals surface area (Å²) in [5.41, 5.74) is 0. The predicted octanol–water partition coefficient (Wildman–Crippen LogP) is 5.27. The molecule has 1 heterocycles. The van der Waals surface area contributed by atoms with Crippen LogP contribution in [0.15, 0.2) is 4.52 Å². The fraction of sp³-hybridized carbons (Fsp3) is 0.909. The van der Waals surface area contributed by atoms with Gasteiger partial charge in [0.2, 0.25) is 5.89 Å². The summed E-state index contributed by atoms with van der Waals surface area (Å²) in [5, 5.41) is 4.18. The number of hydrogen-bond donors (Lipinski definition) is 0. The third-order valence-electron chi connectivity index (χ3n) is 7.06. The van der Waals surface area contributed by atoms with Crippen LogP contribution in [0.3, 0.4) is 0 Å². The zero-order valence-corrected chi connectivity index (χ0v) is 17.2. The van der Waals surface area contributed by atoms with Crippen molar-refractivity contribution in [2.45, 2.75) is 109 Å². The molecule has 0 amide bonds. The van der Waals surface area contributed by atoms with E-state index < -0.39 is 0 Å². The van der Waals surface area contributed by atoms with Gasteiger partial charge >= 0.3 is 0 Å². The fourth-order valence-corrected chi connectivity index (χ4v) is 5.57. The average molecular weight is 376 g/mol. The molecular weight excluding hydrogens is 338 g/mol. The highest BCUT2D eigenvalue weighted by Crippen LogP contribution is 2.43. The quantitative estimate of drug-likeness (QED) is 0.619. The number of aromatic nitrogens is 2. The summed E-state index contributed by atoms with van der Waals surface area (Å²) in [4.78, 5) is 7.42. The highest BCUT2D eigenvalue weighted by molar-refractivity contribution is 4.98. The van der Waals surface area contributed by atoms with Gasteiger partial charge in [0, 0.05) is 18.7 Å². The standard InChI is InChI=1S/C22H37N3O2/c1-3-26-16(2)22-23-21(27-24-22)15-25(18-13-14-18)20-12-8-7-11-19(20)17-9-5-4-6-10-17/h16-20H,3-15H2,1-2H3/t16-,19-,20-/m1/s1. The van der Waals surface area contributed by atoms with E-state index in [-0.39, 0.29) is 6.10 Å². The van der Waals surface area contributed by atoms with Gasteiger partial charge in [-0.25, -0.2) is 0 Å². The maximum Gasteiger partial charge on any atom is 0.240 e. The molecule has 5 nitrogen and oxygen atoms in total. The molecule has 0 aliphatic heterocycles. The van der Waals surface area contributed by atoms with Crippen molar-refractivity contribution in [2.75, 3.05) is 6.61 Å². The third-order valence-corrected chi connectivity index (χ3v) is 7.06. The Balaban J connectivity index is 1.46. The van der Waals surface area contributed by atoms with Crippen LogP contribution in [0.2, 0.25) is 0 Å². The van der Waals surface area contributed by atoms with Crippen LogP contribution < -0.4 is 0 Å². The Morgan fingerprint density at radius 3 is 2.52 bits per heavy atom. The summed E-state index contributed by atoms with van der Waals surface area (Å²) in [6.07, 6.45) is 15.4. The largest absolute Gasteiger partial charge is 0.371 e. The van der Waals surface area contributed by atoms with Gasteiger partial charge in [0.05, 0.1) is 6.54 Å². The molecule has 152 valence electrons. The maximum atomic E-state index is 5.63. The Morgan fingerprint density at radius 1 is 1.04 bits per heavy atom. The second kappa shape index (κ2) is 9.04. The number of hydrogen-bond acceptors (Lipinski definition) is 5. The van der Waals surface area contributed by atoms with Crippen LogP contribution in [-0.2, 0) is 11.3 Å². The van der Waals surface area contributed by atoms with E-state index in [0.717, 1.165) is 30.3 Å². The lowest BCUT2D eigenvalue weighted by Crippen LogP contribution is -2.46. The van der Waals surface area contributed by atoms with E-state index in [1.54, 1.807) is 0 Å². The van der Waals surface area contributed by atoms with Crippen LogP contribution in [-0.4, -0.2) is 33.7 Å². The van der Waals surface area contributed by atoms with Gasteiger partial charge in [0.15, 0.2) is 5.82 Å². The molecule has 0 unspecified atom stereocenters. The van der Waals surface area contributed by atoms with Gasteiger partial charge in [0.25, 0.3) is 0 Å². The topological polar surface area (TPSA) is 51.4 Å². The first-order valence-corrected chi connectivity index (χ1v) is 11.5. The van der Waals surface area contributed by atoms with Crippen molar-refractivity contribution < 1.29 is 9.26 Å². The molecule has 1 aromatic heterocycles. The Morgan fingerprint density at radius 2 is 1.78 bits per heavy atom. The zero-order valence-electron chi connectivity index (χ0n) is 17.2. The van der Waals surface area contributed by atoms with Crippen LogP contribution in [0.25, 0.3) is 0 Å². The highest BCUT2D eigenvalue weighted by Gasteiger charge is 2.41. The van der Waals surface area contributed by atoms with Gasteiger partial charge in [-0.1, -0.05) is 50.1 Å². The fourth-order valence-electron chi connectivity index (χ4n) is 5.57.